The molecule has 1 aromatic rings. The molecule has 1 aromatic carbocycles. The molecule has 0 saturated heterocycles. The van der Waals surface area contributed by atoms with Gasteiger partial charge < -0.3 is 10.5 Å². The molecule has 78 valence electrons. The first-order valence-electron chi connectivity index (χ1n) is 4.81. The third-order valence-electron chi connectivity index (χ3n) is 2.06. The van der Waals surface area contributed by atoms with Crippen molar-refractivity contribution in [3.63, 3.8) is 0 Å². The largest absolute Gasteiger partial charge is 0.480 e. The van der Waals surface area contributed by atoms with E-state index in [4.69, 9.17) is 16.9 Å². The van der Waals surface area contributed by atoms with Gasteiger partial charge in [-0.2, -0.15) is 0 Å². The van der Waals surface area contributed by atoms with Crippen molar-refractivity contribution in [3.8, 4) is 18.1 Å². The van der Waals surface area contributed by atoms with Crippen molar-refractivity contribution < 1.29 is 4.74 Å². The summed E-state index contributed by atoms with van der Waals surface area (Å²) in [6.45, 7) is 4.42. The van der Waals surface area contributed by atoms with Gasteiger partial charge in [-0.3, -0.25) is 0 Å². The lowest BCUT2D eigenvalue weighted by Gasteiger charge is -2.12. The second-order valence-electron chi connectivity index (χ2n) is 3.10. The zero-order chi connectivity index (χ0) is 11.1. The van der Waals surface area contributed by atoms with Crippen LogP contribution in [0.1, 0.15) is 11.1 Å². The van der Waals surface area contributed by atoms with E-state index in [0.717, 1.165) is 23.3 Å². The smallest absolute Gasteiger partial charge is 0.148 e. The van der Waals surface area contributed by atoms with Crippen LogP contribution in [0.2, 0.25) is 0 Å². The van der Waals surface area contributed by atoms with Gasteiger partial charge in [0.05, 0.1) is 0 Å². The lowest BCUT2D eigenvalue weighted by Crippen LogP contribution is -2.05. The molecular weight excluding hydrogens is 186 g/mol. The number of ether oxygens (including phenoxy) is 1. The van der Waals surface area contributed by atoms with Gasteiger partial charge in [-0.15, -0.1) is 13.0 Å². The number of benzene rings is 1. The lowest BCUT2D eigenvalue weighted by molar-refractivity contribution is 0.363. The van der Waals surface area contributed by atoms with Gasteiger partial charge in [0.25, 0.3) is 0 Å². The fourth-order valence-electron chi connectivity index (χ4n) is 1.41. The van der Waals surface area contributed by atoms with Crippen molar-refractivity contribution >= 4 is 0 Å². The Morgan fingerprint density at radius 2 is 2.20 bits per heavy atom. The Morgan fingerprint density at radius 1 is 1.47 bits per heavy atom. The van der Waals surface area contributed by atoms with E-state index < -0.39 is 0 Å². The molecule has 0 radical (unpaired) electrons. The lowest BCUT2D eigenvalue weighted by atomic mass is 10.1. The van der Waals surface area contributed by atoms with Gasteiger partial charge in [-0.25, -0.2) is 0 Å². The minimum absolute atomic E-state index is 0.265. The second kappa shape index (κ2) is 5.90. The molecule has 0 heterocycles. The van der Waals surface area contributed by atoms with Crippen LogP contribution in [-0.2, 0) is 13.0 Å². The first kappa shape index (κ1) is 11.4. The van der Waals surface area contributed by atoms with Crippen molar-refractivity contribution in [1.82, 2.24) is 0 Å². The number of allylic oxidation sites excluding steroid dienone is 1. The van der Waals surface area contributed by atoms with Crippen molar-refractivity contribution in [2.24, 2.45) is 5.73 Å². The average molecular weight is 201 g/mol. The molecule has 0 aliphatic heterocycles. The van der Waals surface area contributed by atoms with E-state index in [1.165, 1.54) is 0 Å². The first-order valence-corrected chi connectivity index (χ1v) is 4.81. The SMILES string of the molecule is C#CCOc1c(CN)cccc1CC=C. The number of para-hydroxylation sites is 1. The second-order valence-corrected chi connectivity index (χ2v) is 3.10. The summed E-state index contributed by atoms with van der Waals surface area (Å²) >= 11 is 0. The molecule has 0 amide bonds. The molecule has 0 aromatic heterocycles. The van der Waals surface area contributed by atoms with Crippen LogP contribution in [0.4, 0.5) is 0 Å². The molecule has 0 atom stereocenters. The maximum atomic E-state index is 5.63. The zero-order valence-electron chi connectivity index (χ0n) is 8.70. The van der Waals surface area contributed by atoms with Crippen molar-refractivity contribution in [2.75, 3.05) is 6.61 Å². The van der Waals surface area contributed by atoms with Crippen LogP contribution < -0.4 is 10.5 Å². The van der Waals surface area contributed by atoms with Gasteiger partial charge in [0.2, 0.25) is 0 Å². The van der Waals surface area contributed by atoms with Crippen LogP contribution >= 0.6 is 0 Å². The molecule has 1 rings (SSSR count). The van der Waals surface area contributed by atoms with Gasteiger partial charge in [-0.1, -0.05) is 30.2 Å². The maximum Gasteiger partial charge on any atom is 0.148 e. The van der Waals surface area contributed by atoms with Gasteiger partial charge in [-0.05, 0) is 12.0 Å². The number of terminal acetylenes is 1. The van der Waals surface area contributed by atoms with E-state index in [1.807, 2.05) is 24.3 Å². The van der Waals surface area contributed by atoms with Crippen LogP contribution in [-0.4, -0.2) is 6.61 Å². The molecule has 2 heteroatoms. The molecule has 0 bridgehead atoms. The van der Waals surface area contributed by atoms with Gasteiger partial charge >= 0.3 is 0 Å². The van der Waals surface area contributed by atoms with Crippen LogP contribution in [0, 0.1) is 12.3 Å². The summed E-state index contributed by atoms with van der Waals surface area (Å²) in [5.74, 6) is 3.25. The Bertz CT molecular complexity index is 377. The van der Waals surface area contributed by atoms with E-state index in [2.05, 4.69) is 12.5 Å². The number of hydrogen-bond acceptors (Lipinski definition) is 2. The third kappa shape index (κ3) is 2.87. The molecule has 2 nitrogen and oxygen atoms in total. The monoisotopic (exact) mass is 201 g/mol. The van der Waals surface area contributed by atoms with E-state index in [9.17, 15) is 0 Å². The zero-order valence-corrected chi connectivity index (χ0v) is 8.70. The highest BCUT2D eigenvalue weighted by molar-refractivity contribution is 5.42. The summed E-state index contributed by atoms with van der Waals surface area (Å²) in [6.07, 6.45) is 7.75. The van der Waals surface area contributed by atoms with Gasteiger partial charge in [0, 0.05) is 12.1 Å². The average Bonchev–Trinajstić information content (AvgIpc) is 2.27. The Hall–Kier alpha value is -1.72. The summed E-state index contributed by atoms with van der Waals surface area (Å²) in [6, 6.07) is 5.90. The third-order valence-corrected chi connectivity index (χ3v) is 2.06. The van der Waals surface area contributed by atoms with E-state index >= 15 is 0 Å². The Balaban J connectivity index is 3.03. The topological polar surface area (TPSA) is 35.2 Å². The number of hydrogen-bond donors (Lipinski definition) is 1. The van der Waals surface area contributed by atoms with Crippen molar-refractivity contribution in [1.29, 1.82) is 0 Å². The van der Waals surface area contributed by atoms with Crippen molar-refractivity contribution in [3.05, 3.63) is 42.0 Å². The molecule has 15 heavy (non-hydrogen) atoms. The normalized spacial score (nSPS) is 9.33. The predicted molar refractivity (Wildman–Crippen MR) is 62.6 cm³/mol. The van der Waals surface area contributed by atoms with Gasteiger partial charge in [0.15, 0.2) is 0 Å². The maximum absolute atomic E-state index is 5.63. The molecule has 0 fully saturated rings. The highest BCUT2D eigenvalue weighted by Gasteiger charge is 2.06. The number of nitrogens with two attached hydrogens (primary N) is 1. The molecule has 0 aliphatic rings. The van der Waals surface area contributed by atoms with Crippen LogP contribution in [0.3, 0.4) is 0 Å². The summed E-state index contributed by atoms with van der Waals surface area (Å²) in [5.41, 5.74) is 7.68. The minimum Gasteiger partial charge on any atom is -0.480 e. The van der Waals surface area contributed by atoms with E-state index in [-0.39, 0.29) is 6.61 Å². The highest BCUT2D eigenvalue weighted by Crippen LogP contribution is 2.24. The fourth-order valence-corrected chi connectivity index (χ4v) is 1.41. The van der Waals surface area contributed by atoms with E-state index in [1.54, 1.807) is 0 Å². The summed E-state index contributed by atoms with van der Waals surface area (Å²) in [7, 11) is 0. The van der Waals surface area contributed by atoms with Crippen LogP contribution in [0.5, 0.6) is 5.75 Å². The molecule has 2 N–H and O–H groups in total. The standard InChI is InChI=1S/C13H15NO/c1-3-6-11-7-5-8-12(10-14)13(11)15-9-4-2/h2-3,5,7-8H,1,6,9-10,14H2. The molecule has 0 aliphatic carbocycles. The molecule has 0 unspecified atom stereocenters. The first-order chi connectivity index (χ1) is 7.33. The molecule has 0 spiro atoms. The highest BCUT2D eigenvalue weighted by atomic mass is 16.5. The molecule has 0 saturated carbocycles. The van der Waals surface area contributed by atoms with Crippen molar-refractivity contribution in [2.45, 2.75) is 13.0 Å². The summed E-state index contributed by atoms with van der Waals surface area (Å²) in [5, 5.41) is 0. The molecular formula is C13H15NO. The minimum atomic E-state index is 0.265. The summed E-state index contributed by atoms with van der Waals surface area (Å²) < 4.78 is 5.50. The number of rotatable bonds is 5. The Labute approximate surface area is 90.7 Å². The quantitative estimate of drug-likeness (QED) is 0.583. The summed E-state index contributed by atoms with van der Waals surface area (Å²) in [4.78, 5) is 0. The fraction of sp³-hybridized carbons (Fsp3) is 0.231. The predicted octanol–water partition coefficient (Wildman–Crippen LogP) is 1.89. The van der Waals surface area contributed by atoms with Gasteiger partial charge in [0.1, 0.15) is 12.4 Å². The Kier molecular flexibility index (Phi) is 4.46. The van der Waals surface area contributed by atoms with Crippen LogP contribution in [0.25, 0.3) is 0 Å². The van der Waals surface area contributed by atoms with E-state index in [0.29, 0.717) is 6.54 Å². The van der Waals surface area contributed by atoms with Crippen LogP contribution in [0.15, 0.2) is 30.9 Å². The Morgan fingerprint density at radius 3 is 2.80 bits per heavy atom.